The Labute approximate surface area is 97.6 Å². The monoisotopic (exact) mass is 236 g/mol. The predicted molar refractivity (Wildman–Crippen MR) is 65.1 cm³/mol. The molecule has 0 atom stereocenters. The summed E-state index contributed by atoms with van der Waals surface area (Å²) < 4.78 is 10.4. The normalized spacial score (nSPS) is 10.1. The second-order valence-corrected chi connectivity index (χ2v) is 4.03. The van der Waals surface area contributed by atoms with Crippen molar-refractivity contribution < 1.29 is 9.47 Å². The predicted octanol–water partition coefficient (Wildman–Crippen LogP) is 2.41. The summed E-state index contributed by atoms with van der Waals surface area (Å²) in [4.78, 5) is 4.23. The van der Waals surface area contributed by atoms with Crippen molar-refractivity contribution in [3.05, 3.63) is 23.6 Å². The molecule has 1 aromatic heterocycles. The Morgan fingerprint density at radius 1 is 1.25 bits per heavy atom. The first kappa shape index (κ1) is 10.8. The molecule has 0 amide bonds. The topological polar surface area (TPSA) is 57.4 Å². The van der Waals surface area contributed by atoms with E-state index >= 15 is 0 Å². The lowest BCUT2D eigenvalue weighted by molar-refractivity contribution is 0.404. The number of aromatic nitrogens is 1. The second kappa shape index (κ2) is 4.40. The smallest absolute Gasteiger partial charge is 0.180 e. The summed E-state index contributed by atoms with van der Waals surface area (Å²) in [6.45, 7) is 0. The molecule has 0 aliphatic carbocycles. The van der Waals surface area contributed by atoms with E-state index in [4.69, 9.17) is 15.2 Å². The van der Waals surface area contributed by atoms with Gasteiger partial charge in [-0.1, -0.05) is 0 Å². The Morgan fingerprint density at radius 3 is 2.62 bits per heavy atom. The van der Waals surface area contributed by atoms with Crippen molar-refractivity contribution in [1.82, 2.24) is 4.98 Å². The first-order valence-electron chi connectivity index (χ1n) is 4.68. The highest BCUT2D eigenvalue weighted by molar-refractivity contribution is 7.13. The molecule has 1 aromatic carbocycles. The molecule has 0 saturated carbocycles. The van der Waals surface area contributed by atoms with E-state index in [9.17, 15) is 0 Å². The zero-order chi connectivity index (χ0) is 11.5. The standard InChI is InChI=1S/C11H12N2O2S/c1-14-7-3-4-10(15-2)8(5-7)9-6-16-11(12)13-9/h3-6H,1-2H3,(H2,12,13). The van der Waals surface area contributed by atoms with Gasteiger partial charge in [-0.05, 0) is 18.2 Å². The third-order valence-electron chi connectivity index (χ3n) is 2.20. The highest BCUT2D eigenvalue weighted by Gasteiger charge is 2.10. The molecule has 4 nitrogen and oxygen atoms in total. The van der Waals surface area contributed by atoms with Crippen LogP contribution in [0.3, 0.4) is 0 Å². The molecule has 0 saturated heterocycles. The van der Waals surface area contributed by atoms with Crippen LogP contribution in [0.2, 0.25) is 0 Å². The minimum atomic E-state index is 0.542. The quantitative estimate of drug-likeness (QED) is 0.889. The van der Waals surface area contributed by atoms with Crippen LogP contribution in [0.4, 0.5) is 5.13 Å². The number of hydrogen-bond donors (Lipinski definition) is 1. The number of hydrogen-bond acceptors (Lipinski definition) is 5. The lowest BCUT2D eigenvalue weighted by atomic mass is 10.1. The van der Waals surface area contributed by atoms with E-state index in [0.717, 1.165) is 22.8 Å². The van der Waals surface area contributed by atoms with E-state index in [1.165, 1.54) is 11.3 Å². The van der Waals surface area contributed by atoms with E-state index in [0.29, 0.717) is 5.13 Å². The lowest BCUT2D eigenvalue weighted by Gasteiger charge is -2.08. The van der Waals surface area contributed by atoms with Gasteiger partial charge in [0, 0.05) is 10.9 Å². The zero-order valence-electron chi connectivity index (χ0n) is 9.06. The van der Waals surface area contributed by atoms with Crippen LogP contribution in [-0.4, -0.2) is 19.2 Å². The highest BCUT2D eigenvalue weighted by Crippen LogP contribution is 2.34. The van der Waals surface area contributed by atoms with E-state index in [-0.39, 0.29) is 0 Å². The number of rotatable bonds is 3. The molecule has 2 aromatic rings. The summed E-state index contributed by atoms with van der Waals surface area (Å²) in [5.74, 6) is 1.52. The number of anilines is 1. The van der Waals surface area contributed by atoms with Crippen LogP contribution in [0.15, 0.2) is 23.6 Å². The fourth-order valence-electron chi connectivity index (χ4n) is 1.43. The van der Waals surface area contributed by atoms with Gasteiger partial charge in [0.15, 0.2) is 5.13 Å². The maximum atomic E-state index is 5.61. The van der Waals surface area contributed by atoms with Gasteiger partial charge in [-0.2, -0.15) is 0 Å². The van der Waals surface area contributed by atoms with Crippen LogP contribution < -0.4 is 15.2 Å². The largest absolute Gasteiger partial charge is 0.497 e. The number of benzene rings is 1. The van der Waals surface area contributed by atoms with Gasteiger partial charge in [0.2, 0.25) is 0 Å². The van der Waals surface area contributed by atoms with E-state index < -0.39 is 0 Å². The molecule has 0 aliphatic rings. The Balaban J connectivity index is 2.52. The van der Waals surface area contributed by atoms with Crippen LogP contribution in [0.25, 0.3) is 11.3 Å². The van der Waals surface area contributed by atoms with Crippen LogP contribution in [0, 0.1) is 0 Å². The summed E-state index contributed by atoms with van der Waals surface area (Å²) in [5.41, 5.74) is 7.30. The summed E-state index contributed by atoms with van der Waals surface area (Å²) in [5, 5.41) is 2.44. The molecule has 0 bridgehead atoms. The van der Waals surface area contributed by atoms with Crippen molar-refractivity contribution in [2.75, 3.05) is 20.0 Å². The van der Waals surface area contributed by atoms with Crippen molar-refractivity contribution >= 4 is 16.5 Å². The maximum absolute atomic E-state index is 5.61. The summed E-state index contributed by atoms with van der Waals surface area (Å²) in [7, 11) is 3.25. The first-order valence-corrected chi connectivity index (χ1v) is 5.56. The van der Waals surface area contributed by atoms with Crippen molar-refractivity contribution in [1.29, 1.82) is 0 Å². The molecule has 0 radical (unpaired) electrons. The summed E-state index contributed by atoms with van der Waals surface area (Å²) in [6.07, 6.45) is 0. The highest BCUT2D eigenvalue weighted by atomic mass is 32.1. The van der Waals surface area contributed by atoms with Crippen molar-refractivity contribution in [3.63, 3.8) is 0 Å². The molecule has 5 heteroatoms. The SMILES string of the molecule is COc1ccc(OC)c(-c2csc(N)n2)c1. The minimum absolute atomic E-state index is 0.542. The first-order chi connectivity index (χ1) is 7.74. The molecule has 0 unspecified atom stereocenters. The van der Waals surface area contributed by atoms with Gasteiger partial charge in [0.05, 0.1) is 19.9 Å². The van der Waals surface area contributed by atoms with Gasteiger partial charge in [-0.3, -0.25) is 0 Å². The number of nitrogen functional groups attached to an aromatic ring is 1. The molecule has 0 fully saturated rings. The van der Waals surface area contributed by atoms with Gasteiger partial charge in [-0.15, -0.1) is 11.3 Å². The number of nitrogens with zero attached hydrogens (tertiary/aromatic N) is 1. The summed E-state index contributed by atoms with van der Waals surface area (Å²) >= 11 is 1.40. The average Bonchev–Trinajstić information content (AvgIpc) is 2.75. The lowest BCUT2D eigenvalue weighted by Crippen LogP contribution is -1.91. The van der Waals surface area contributed by atoms with Gasteiger partial charge in [0.25, 0.3) is 0 Å². The zero-order valence-corrected chi connectivity index (χ0v) is 9.88. The van der Waals surface area contributed by atoms with Crippen LogP contribution in [0.1, 0.15) is 0 Å². The fourth-order valence-corrected chi connectivity index (χ4v) is 1.99. The van der Waals surface area contributed by atoms with Crippen molar-refractivity contribution in [2.45, 2.75) is 0 Å². The molecule has 1 heterocycles. The molecule has 2 rings (SSSR count). The Morgan fingerprint density at radius 2 is 2.06 bits per heavy atom. The minimum Gasteiger partial charge on any atom is -0.497 e. The number of methoxy groups -OCH3 is 2. The van der Waals surface area contributed by atoms with E-state index in [2.05, 4.69) is 4.98 Å². The second-order valence-electron chi connectivity index (χ2n) is 3.14. The van der Waals surface area contributed by atoms with Gasteiger partial charge < -0.3 is 15.2 Å². The van der Waals surface area contributed by atoms with Crippen molar-refractivity contribution in [2.24, 2.45) is 0 Å². The number of thiazole rings is 1. The fraction of sp³-hybridized carbons (Fsp3) is 0.182. The van der Waals surface area contributed by atoms with E-state index in [1.807, 2.05) is 23.6 Å². The average molecular weight is 236 g/mol. The molecular weight excluding hydrogens is 224 g/mol. The molecule has 0 aliphatic heterocycles. The Kier molecular flexibility index (Phi) is 2.96. The van der Waals surface area contributed by atoms with Crippen LogP contribution >= 0.6 is 11.3 Å². The van der Waals surface area contributed by atoms with Crippen LogP contribution in [0.5, 0.6) is 11.5 Å². The molecular formula is C11H12N2O2S. The third kappa shape index (κ3) is 1.94. The Bertz CT molecular complexity index is 496. The molecule has 84 valence electrons. The van der Waals surface area contributed by atoms with Gasteiger partial charge in [-0.25, -0.2) is 4.98 Å². The van der Waals surface area contributed by atoms with Crippen LogP contribution in [-0.2, 0) is 0 Å². The van der Waals surface area contributed by atoms with Gasteiger partial charge >= 0.3 is 0 Å². The summed E-state index contributed by atoms with van der Waals surface area (Å²) in [6, 6.07) is 5.58. The number of nitrogens with two attached hydrogens (primary N) is 1. The Hall–Kier alpha value is -1.75. The molecule has 16 heavy (non-hydrogen) atoms. The number of ether oxygens (including phenoxy) is 2. The van der Waals surface area contributed by atoms with E-state index in [1.54, 1.807) is 14.2 Å². The third-order valence-corrected chi connectivity index (χ3v) is 2.88. The van der Waals surface area contributed by atoms with Gasteiger partial charge in [0.1, 0.15) is 11.5 Å². The maximum Gasteiger partial charge on any atom is 0.180 e. The van der Waals surface area contributed by atoms with Crippen molar-refractivity contribution in [3.8, 4) is 22.8 Å². The molecule has 0 spiro atoms. The molecule has 2 N–H and O–H groups in total.